The van der Waals surface area contributed by atoms with Gasteiger partial charge in [-0.2, -0.15) is 0 Å². The predicted molar refractivity (Wildman–Crippen MR) is 81.5 cm³/mol. The van der Waals surface area contributed by atoms with Crippen molar-refractivity contribution >= 4 is 10.0 Å². The quantitative estimate of drug-likeness (QED) is 0.821. The van der Waals surface area contributed by atoms with Crippen molar-refractivity contribution in [3.8, 4) is 0 Å². The fraction of sp³-hybridized carbons (Fsp3) is 0.786. The Morgan fingerprint density at radius 1 is 1.33 bits per heavy atom. The highest BCUT2D eigenvalue weighted by Gasteiger charge is 2.24. The van der Waals surface area contributed by atoms with Crippen LogP contribution in [0.4, 0.5) is 0 Å². The standard InChI is InChI=1S/C14H25N3O3S/c1-11-14(12(2)20-15-11)10-17-7-5-13(6-8-17)9-16(3)21(4,18)19/h13H,5-10H2,1-4H3. The molecule has 2 heterocycles. The number of aryl methyl sites for hydroxylation is 2. The van der Waals surface area contributed by atoms with E-state index in [0.29, 0.717) is 12.5 Å². The lowest BCUT2D eigenvalue weighted by molar-refractivity contribution is 0.165. The Hall–Kier alpha value is -0.920. The molecule has 0 spiro atoms. The van der Waals surface area contributed by atoms with Gasteiger partial charge in [0.1, 0.15) is 5.76 Å². The van der Waals surface area contributed by atoms with Gasteiger partial charge in [-0.1, -0.05) is 5.16 Å². The van der Waals surface area contributed by atoms with Crippen molar-refractivity contribution in [1.82, 2.24) is 14.4 Å². The molecule has 0 saturated carbocycles. The highest BCUT2D eigenvalue weighted by molar-refractivity contribution is 7.88. The highest BCUT2D eigenvalue weighted by Crippen LogP contribution is 2.22. The number of sulfonamides is 1. The van der Waals surface area contributed by atoms with Crippen LogP contribution in [0.3, 0.4) is 0 Å². The molecule has 1 fully saturated rings. The predicted octanol–water partition coefficient (Wildman–Crippen LogP) is 1.39. The number of nitrogens with zero attached hydrogens (tertiary/aromatic N) is 3. The molecule has 120 valence electrons. The second-order valence-corrected chi connectivity index (χ2v) is 8.16. The molecule has 1 aromatic rings. The lowest BCUT2D eigenvalue weighted by Gasteiger charge is -2.33. The van der Waals surface area contributed by atoms with Gasteiger partial charge in [-0.3, -0.25) is 4.90 Å². The first-order chi connectivity index (χ1) is 9.77. The zero-order valence-corrected chi connectivity index (χ0v) is 14.1. The highest BCUT2D eigenvalue weighted by atomic mass is 32.2. The van der Waals surface area contributed by atoms with Crippen LogP contribution in [-0.4, -0.2) is 55.7 Å². The Morgan fingerprint density at radius 3 is 2.43 bits per heavy atom. The van der Waals surface area contributed by atoms with E-state index in [2.05, 4.69) is 10.1 Å². The van der Waals surface area contributed by atoms with Crippen LogP contribution in [0, 0.1) is 19.8 Å². The summed E-state index contributed by atoms with van der Waals surface area (Å²) in [5, 5.41) is 3.99. The Balaban J connectivity index is 1.84. The van der Waals surface area contributed by atoms with E-state index in [0.717, 1.165) is 43.9 Å². The van der Waals surface area contributed by atoms with Crippen molar-refractivity contribution in [3.63, 3.8) is 0 Å². The van der Waals surface area contributed by atoms with Crippen LogP contribution >= 0.6 is 0 Å². The van der Waals surface area contributed by atoms with E-state index in [-0.39, 0.29) is 0 Å². The van der Waals surface area contributed by atoms with Gasteiger partial charge < -0.3 is 4.52 Å². The van der Waals surface area contributed by atoms with Crippen molar-refractivity contribution in [2.24, 2.45) is 5.92 Å². The second kappa shape index (κ2) is 6.46. The molecule has 6 nitrogen and oxygen atoms in total. The fourth-order valence-electron chi connectivity index (χ4n) is 2.78. The summed E-state index contributed by atoms with van der Waals surface area (Å²) >= 11 is 0. The van der Waals surface area contributed by atoms with E-state index in [1.165, 1.54) is 16.1 Å². The summed E-state index contributed by atoms with van der Waals surface area (Å²) in [6.07, 6.45) is 3.33. The first-order valence-electron chi connectivity index (χ1n) is 7.32. The van der Waals surface area contributed by atoms with Gasteiger partial charge in [0, 0.05) is 25.7 Å². The first-order valence-corrected chi connectivity index (χ1v) is 9.17. The Labute approximate surface area is 127 Å². The first kappa shape index (κ1) is 16.5. The molecule has 1 aromatic heterocycles. The van der Waals surface area contributed by atoms with E-state index < -0.39 is 10.0 Å². The summed E-state index contributed by atoms with van der Waals surface area (Å²) in [5.41, 5.74) is 2.15. The number of aromatic nitrogens is 1. The molecule has 1 aliphatic rings. The van der Waals surface area contributed by atoms with Crippen LogP contribution in [0.2, 0.25) is 0 Å². The van der Waals surface area contributed by atoms with Crippen molar-refractivity contribution in [2.75, 3.05) is 32.9 Å². The average Bonchev–Trinajstić information content (AvgIpc) is 2.71. The summed E-state index contributed by atoms with van der Waals surface area (Å²) in [4.78, 5) is 2.39. The number of likely N-dealkylation sites (tertiary alicyclic amines) is 1. The van der Waals surface area contributed by atoms with Crippen molar-refractivity contribution < 1.29 is 12.9 Å². The summed E-state index contributed by atoms with van der Waals surface area (Å²) in [6.45, 7) is 7.40. The zero-order valence-electron chi connectivity index (χ0n) is 13.3. The molecule has 0 aliphatic carbocycles. The summed E-state index contributed by atoms with van der Waals surface area (Å²) in [5.74, 6) is 1.34. The largest absolute Gasteiger partial charge is 0.361 e. The van der Waals surface area contributed by atoms with Gasteiger partial charge in [-0.05, 0) is 45.7 Å². The lowest BCUT2D eigenvalue weighted by Crippen LogP contribution is -2.39. The van der Waals surface area contributed by atoms with Gasteiger partial charge in [0.05, 0.1) is 11.9 Å². The third kappa shape index (κ3) is 4.28. The van der Waals surface area contributed by atoms with Gasteiger partial charge in [0.25, 0.3) is 0 Å². The van der Waals surface area contributed by atoms with Gasteiger partial charge in [-0.15, -0.1) is 0 Å². The molecular formula is C14H25N3O3S. The third-order valence-electron chi connectivity index (χ3n) is 4.35. The molecule has 1 aliphatic heterocycles. The number of hydrogen-bond donors (Lipinski definition) is 0. The third-order valence-corrected chi connectivity index (χ3v) is 5.63. The molecule has 0 bridgehead atoms. The normalized spacial score (nSPS) is 18.5. The van der Waals surface area contributed by atoms with Crippen LogP contribution in [0.1, 0.15) is 29.9 Å². The van der Waals surface area contributed by atoms with Crippen LogP contribution in [0.5, 0.6) is 0 Å². The van der Waals surface area contributed by atoms with Crippen molar-refractivity contribution in [1.29, 1.82) is 0 Å². The van der Waals surface area contributed by atoms with Crippen LogP contribution in [0.15, 0.2) is 4.52 Å². The summed E-state index contributed by atoms with van der Waals surface area (Å²) in [6, 6.07) is 0. The van der Waals surface area contributed by atoms with Crippen molar-refractivity contribution in [2.45, 2.75) is 33.2 Å². The van der Waals surface area contributed by atoms with Gasteiger partial charge in [0.15, 0.2) is 0 Å². The maximum absolute atomic E-state index is 11.5. The Kier molecular flexibility index (Phi) is 5.06. The maximum Gasteiger partial charge on any atom is 0.210 e. The SMILES string of the molecule is Cc1noc(C)c1CN1CCC(CN(C)S(C)(=O)=O)CC1. The molecule has 0 N–H and O–H groups in total. The zero-order chi connectivity index (χ0) is 15.6. The van der Waals surface area contributed by atoms with Gasteiger partial charge in [0.2, 0.25) is 10.0 Å². The van der Waals surface area contributed by atoms with E-state index in [1.54, 1.807) is 7.05 Å². The van der Waals surface area contributed by atoms with E-state index in [1.807, 2.05) is 13.8 Å². The second-order valence-electron chi connectivity index (χ2n) is 6.07. The minimum Gasteiger partial charge on any atom is -0.361 e. The maximum atomic E-state index is 11.5. The number of piperidine rings is 1. The molecule has 2 rings (SSSR count). The monoisotopic (exact) mass is 315 g/mol. The van der Waals surface area contributed by atoms with Gasteiger partial charge >= 0.3 is 0 Å². The van der Waals surface area contributed by atoms with E-state index in [9.17, 15) is 8.42 Å². The topological polar surface area (TPSA) is 66.7 Å². The summed E-state index contributed by atoms with van der Waals surface area (Å²) in [7, 11) is -1.41. The molecule has 0 aromatic carbocycles. The Bertz CT molecular complexity index is 555. The molecule has 1 saturated heterocycles. The number of rotatable bonds is 5. The summed E-state index contributed by atoms with van der Waals surface area (Å²) < 4.78 is 29.6. The van der Waals surface area contributed by atoms with Crippen molar-refractivity contribution in [3.05, 3.63) is 17.0 Å². The average molecular weight is 315 g/mol. The molecule has 0 radical (unpaired) electrons. The number of hydrogen-bond acceptors (Lipinski definition) is 5. The minimum absolute atomic E-state index is 0.450. The molecule has 0 unspecified atom stereocenters. The minimum atomic E-state index is -3.07. The van der Waals surface area contributed by atoms with Crippen LogP contribution in [-0.2, 0) is 16.6 Å². The molecule has 21 heavy (non-hydrogen) atoms. The van der Waals surface area contributed by atoms with Crippen LogP contribution < -0.4 is 0 Å². The molecule has 0 amide bonds. The molecular weight excluding hydrogens is 290 g/mol. The van der Waals surface area contributed by atoms with Crippen LogP contribution in [0.25, 0.3) is 0 Å². The smallest absolute Gasteiger partial charge is 0.210 e. The van der Waals surface area contributed by atoms with E-state index in [4.69, 9.17) is 4.52 Å². The van der Waals surface area contributed by atoms with E-state index >= 15 is 0 Å². The molecule has 0 atom stereocenters. The molecule has 7 heteroatoms. The van der Waals surface area contributed by atoms with Gasteiger partial charge in [-0.25, -0.2) is 12.7 Å². The Morgan fingerprint density at radius 2 is 1.95 bits per heavy atom. The lowest BCUT2D eigenvalue weighted by atomic mass is 9.96. The fourth-order valence-corrected chi connectivity index (χ4v) is 3.26.